The van der Waals surface area contributed by atoms with Gasteiger partial charge in [0, 0.05) is 12.6 Å². The molecule has 5 nitrogen and oxygen atoms in total. The molecule has 2 aromatic rings. The van der Waals surface area contributed by atoms with Crippen molar-refractivity contribution in [1.82, 2.24) is 0 Å². The van der Waals surface area contributed by atoms with Crippen LogP contribution in [0.4, 0.5) is 11.4 Å². The summed E-state index contributed by atoms with van der Waals surface area (Å²) in [6, 6.07) is 16.0. The van der Waals surface area contributed by atoms with Gasteiger partial charge in [-0.1, -0.05) is 76.1 Å². The fourth-order valence-electron chi connectivity index (χ4n) is 2.82. The maximum atomic E-state index is 5.99. The molecule has 0 aromatic heterocycles. The van der Waals surface area contributed by atoms with Crippen LogP contribution in [0.2, 0.25) is 0 Å². The van der Waals surface area contributed by atoms with Crippen molar-refractivity contribution in [3.63, 3.8) is 0 Å². The van der Waals surface area contributed by atoms with Crippen LogP contribution in [-0.4, -0.2) is 20.7 Å². The first kappa shape index (κ1) is 27.5. The number of ether oxygens (including phenoxy) is 1. The number of hydrogen-bond acceptors (Lipinski definition) is 5. The molecule has 30 heavy (non-hydrogen) atoms. The minimum Gasteiger partial charge on any atom is -0.497 e. The van der Waals surface area contributed by atoms with Gasteiger partial charge >= 0.3 is 0 Å². The average molecular weight is 415 g/mol. The Balaban J connectivity index is 0.000000535. The Morgan fingerprint density at radius 1 is 1.07 bits per heavy atom. The predicted molar refractivity (Wildman–Crippen MR) is 134 cm³/mol. The Kier molecular flexibility index (Phi) is 13.3. The molecule has 0 bridgehead atoms. The molecule has 0 radical (unpaired) electrons. The fourth-order valence-corrected chi connectivity index (χ4v) is 2.82. The smallest absolute Gasteiger partial charge is 0.121 e. The molecule has 2 aromatic carbocycles. The van der Waals surface area contributed by atoms with Crippen molar-refractivity contribution in [3.8, 4) is 5.75 Å². The molecule has 0 aliphatic carbocycles. The lowest BCUT2D eigenvalue weighted by atomic mass is 9.96. The lowest BCUT2D eigenvalue weighted by molar-refractivity contribution is 0.410. The third kappa shape index (κ3) is 11.5. The predicted octanol–water partition coefficient (Wildman–Crippen LogP) is 5.47. The van der Waals surface area contributed by atoms with Gasteiger partial charge in [0.15, 0.2) is 0 Å². The number of methoxy groups -OCH3 is 1. The lowest BCUT2D eigenvalue weighted by Gasteiger charge is -2.28. The number of nitrogen functional groups attached to an aromatic ring is 1. The van der Waals surface area contributed by atoms with E-state index in [1.165, 1.54) is 31.0 Å². The number of hydrazine groups is 1. The van der Waals surface area contributed by atoms with E-state index in [1.54, 1.807) is 18.2 Å². The van der Waals surface area contributed by atoms with Gasteiger partial charge in [0.25, 0.3) is 0 Å². The van der Waals surface area contributed by atoms with Crippen LogP contribution in [0.15, 0.2) is 54.1 Å². The number of anilines is 2. The van der Waals surface area contributed by atoms with E-state index in [1.807, 2.05) is 18.2 Å². The Morgan fingerprint density at radius 2 is 1.67 bits per heavy atom. The van der Waals surface area contributed by atoms with Gasteiger partial charge in [0.1, 0.15) is 5.75 Å². The molecule has 0 saturated heterocycles. The highest BCUT2D eigenvalue weighted by Crippen LogP contribution is 2.28. The highest BCUT2D eigenvalue weighted by Gasteiger charge is 2.16. The maximum Gasteiger partial charge on any atom is 0.121 e. The molecule has 0 fully saturated rings. The normalized spacial score (nSPS) is 10.9. The summed E-state index contributed by atoms with van der Waals surface area (Å²) < 4.78 is 5.09. The van der Waals surface area contributed by atoms with Crippen molar-refractivity contribution in [2.24, 2.45) is 17.0 Å². The van der Waals surface area contributed by atoms with Crippen molar-refractivity contribution >= 4 is 17.5 Å². The van der Waals surface area contributed by atoms with Crippen LogP contribution in [0, 0.1) is 5.41 Å². The molecule has 0 unspecified atom stereocenters. The molecule has 5 heteroatoms. The second kappa shape index (κ2) is 14.5. The summed E-state index contributed by atoms with van der Waals surface area (Å²) in [5, 5.41) is 1.68. The van der Waals surface area contributed by atoms with Gasteiger partial charge in [-0.15, -0.1) is 0 Å². The van der Waals surface area contributed by atoms with Gasteiger partial charge in [0.2, 0.25) is 0 Å². The summed E-state index contributed by atoms with van der Waals surface area (Å²) in [6.45, 7) is 11.5. The van der Waals surface area contributed by atoms with Crippen molar-refractivity contribution in [1.29, 1.82) is 0 Å². The van der Waals surface area contributed by atoms with Crippen molar-refractivity contribution in [3.05, 3.63) is 59.7 Å². The molecule has 0 aliphatic heterocycles. The summed E-state index contributed by atoms with van der Waals surface area (Å²) in [7, 11) is 3.11. The van der Waals surface area contributed by atoms with Crippen LogP contribution in [0.3, 0.4) is 0 Å². The summed E-state index contributed by atoms with van der Waals surface area (Å²) in [4.78, 5) is 0. The summed E-state index contributed by atoms with van der Waals surface area (Å²) >= 11 is 0. The molecule has 0 aliphatic rings. The molecule has 0 amide bonds. The van der Waals surface area contributed by atoms with Crippen LogP contribution >= 0.6 is 0 Å². The van der Waals surface area contributed by atoms with Crippen molar-refractivity contribution in [2.75, 3.05) is 31.4 Å². The maximum absolute atomic E-state index is 5.99. The molecule has 6 N–H and O–H groups in total. The van der Waals surface area contributed by atoms with Gasteiger partial charge in [-0.05, 0) is 43.5 Å². The largest absolute Gasteiger partial charge is 0.497 e. The highest BCUT2D eigenvalue weighted by atomic mass is 16.5. The SMILES string of the molecule is CCC/C(C)=C/c1ccccc1.CN.COc1ccc(N(N)CC(C)(C)C)c(N)c1. The molecule has 0 saturated carbocycles. The van der Waals surface area contributed by atoms with Gasteiger partial charge in [0.05, 0.1) is 18.5 Å². The second-order valence-electron chi connectivity index (χ2n) is 8.26. The van der Waals surface area contributed by atoms with Crippen LogP contribution in [0.25, 0.3) is 6.08 Å². The standard InChI is InChI=1S/C12H21N3O.C12H16.CH5N/c1-12(2,3)8-15(14)11-6-5-9(16-4)7-10(11)13;1-3-7-11(2)10-12-8-5-4-6-9-12;1-2/h5-7H,8,13-14H2,1-4H3;4-6,8-10H,3,7H2,1-2H3;2H2,1H3/b;11-10+;. The van der Waals surface area contributed by atoms with Crippen LogP contribution in [-0.2, 0) is 0 Å². The van der Waals surface area contributed by atoms with Gasteiger partial charge in [-0.3, -0.25) is 0 Å². The molecular formula is C25H42N4O. The van der Waals surface area contributed by atoms with E-state index in [-0.39, 0.29) is 5.41 Å². The highest BCUT2D eigenvalue weighted by molar-refractivity contribution is 5.68. The number of nitrogens with two attached hydrogens (primary N) is 3. The van der Waals surface area contributed by atoms with Crippen molar-refractivity contribution < 1.29 is 4.74 Å². The topological polar surface area (TPSA) is 90.5 Å². The minimum atomic E-state index is 0.126. The minimum absolute atomic E-state index is 0.126. The van der Waals surface area contributed by atoms with E-state index >= 15 is 0 Å². The van der Waals surface area contributed by atoms with Gasteiger partial charge in [-0.2, -0.15) is 0 Å². The Bertz CT molecular complexity index is 737. The third-order valence-electron chi connectivity index (χ3n) is 4.05. The Labute approximate surface area is 183 Å². The number of hydrogen-bond donors (Lipinski definition) is 3. The van der Waals surface area contributed by atoms with E-state index in [4.69, 9.17) is 16.3 Å². The number of benzene rings is 2. The van der Waals surface area contributed by atoms with Crippen LogP contribution < -0.4 is 27.1 Å². The van der Waals surface area contributed by atoms with Crippen molar-refractivity contribution in [2.45, 2.75) is 47.5 Å². The number of rotatable bonds is 6. The molecule has 168 valence electrons. The van der Waals surface area contributed by atoms with Gasteiger partial charge in [-0.25, -0.2) is 5.84 Å². The van der Waals surface area contributed by atoms with E-state index < -0.39 is 0 Å². The first-order chi connectivity index (χ1) is 14.2. The molecule has 0 atom stereocenters. The Hall–Kier alpha value is -2.50. The van der Waals surface area contributed by atoms with E-state index in [0.29, 0.717) is 5.69 Å². The van der Waals surface area contributed by atoms with E-state index in [9.17, 15) is 0 Å². The average Bonchev–Trinajstić information content (AvgIpc) is 2.69. The monoisotopic (exact) mass is 414 g/mol. The molecular weight excluding hydrogens is 372 g/mol. The van der Waals surface area contributed by atoms with Gasteiger partial charge < -0.3 is 21.2 Å². The fraction of sp³-hybridized carbons (Fsp3) is 0.440. The zero-order valence-corrected chi connectivity index (χ0v) is 19.9. The molecule has 0 spiro atoms. The van der Waals surface area contributed by atoms with Crippen LogP contribution in [0.1, 0.15) is 53.0 Å². The first-order valence-corrected chi connectivity index (χ1v) is 10.4. The lowest BCUT2D eigenvalue weighted by Crippen LogP contribution is -2.38. The second-order valence-corrected chi connectivity index (χ2v) is 8.26. The summed E-state index contributed by atoms with van der Waals surface area (Å²) in [5.41, 5.74) is 14.8. The number of nitrogens with zero attached hydrogens (tertiary/aromatic N) is 1. The Morgan fingerprint density at radius 3 is 2.13 bits per heavy atom. The molecule has 0 heterocycles. The molecule has 2 rings (SSSR count). The van der Waals surface area contributed by atoms with E-state index in [2.05, 4.69) is 70.7 Å². The summed E-state index contributed by atoms with van der Waals surface area (Å²) in [6.07, 6.45) is 4.69. The zero-order valence-electron chi connectivity index (χ0n) is 19.9. The first-order valence-electron chi connectivity index (χ1n) is 10.4. The summed E-state index contributed by atoms with van der Waals surface area (Å²) in [5.74, 6) is 6.73. The van der Waals surface area contributed by atoms with E-state index in [0.717, 1.165) is 18.0 Å². The van der Waals surface area contributed by atoms with Crippen LogP contribution in [0.5, 0.6) is 5.75 Å². The zero-order chi connectivity index (χ0) is 23.2. The third-order valence-corrected chi connectivity index (χ3v) is 4.05. The quantitative estimate of drug-likeness (QED) is 0.331. The number of allylic oxidation sites excluding steroid dienone is 1.